The molecular formula is C30H45Cl2Si3Ti. The van der Waals surface area contributed by atoms with Crippen molar-refractivity contribution < 1.29 is 12.4 Å². The number of hydrogen-bond acceptors (Lipinski definition) is 0. The van der Waals surface area contributed by atoms with Gasteiger partial charge in [-0.1, -0.05) is 0 Å². The van der Waals surface area contributed by atoms with Gasteiger partial charge in [0.15, 0.2) is 0 Å². The van der Waals surface area contributed by atoms with Crippen LogP contribution in [0.3, 0.4) is 0 Å². The Bertz CT molecular complexity index is 1230. The fourth-order valence-electron chi connectivity index (χ4n) is 6.93. The van der Waals surface area contributed by atoms with Crippen LogP contribution in [-0.2, 0) is 12.4 Å². The van der Waals surface area contributed by atoms with E-state index >= 15 is 0 Å². The summed E-state index contributed by atoms with van der Waals surface area (Å²) >= 11 is -4.41. The summed E-state index contributed by atoms with van der Waals surface area (Å²) in [4.78, 5) is 0. The summed E-state index contributed by atoms with van der Waals surface area (Å²) in [6.45, 7) is 27.5. The zero-order valence-corrected chi connectivity index (χ0v) is 30.7. The molecule has 2 unspecified atom stereocenters. The zero-order chi connectivity index (χ0) is 27.2. The Morgan fingerprint density at radius 2 is 0.917 bits per heavy atom. The molecule has 0 heterocycles. The van der Waals surface area contributed by atoms with E-state index in [-0.39, 0.29) is 8.45 Å². The van der Waals surface area contributed by atoms with Crippen molar-refractivity contribution in [2.75, 3.05) is 0 Å². The number of rotatable bonds is 5. The Kier molecular flexibility index (Phi) is 7.17. The van der Waals surface area contributed by atoms with Gasteiger partial charge < -0.3 is 0 Å². The summed E-state index contributed by atoms with van der Waals surface area (Å²) in [7, 11) is 13.8. The quantitative estimate of drug-likeness (QED) is 0.296. The minimum absolute atomic E-state index is 0.203. The SMILES string of the molecule is Cc1ccc(C)c2c1C=C([Si](C)(C)C)[CH]2[Ti]([Cl])([Cl])([CH]1C([Si](C)(C)C)=Cc2c(C)ccc(C)c21)[SiH](C)C. The molecule has 0 saturated heterocycles. The van der Waals surface area contributed by atoms with E-state index in [4.69, 9.17) is 18.6 Å². The van der Waals surface area contributed by atoms with Gasteiger partial charge in [-0.2, -0.15) is 0 Å². The van der Waals surface area contributed by atoms with Crippen LogP contribution < -0.4 is 0 Å². The minimum atomic E-state index is -4.41. The molecule has 0 saturated carbocycles. The summed E-state index contributed by atoms with van der Waals surface area (Å²) < 4.78 is 0.406. The Hall–Kier alpha value is -0.135. The second-order valence-corrected chi connectivity index (χ2v) is 53.4. The molecule has 0 amide bonds. The van der Waals surface area contributed by atoms with E-state index in [2.05, 4.69) is 116 Å². The third-order valence-electron chi connectivity index (χ3n) is 9.18. The van der Waals surface area contributed by atoms with Gasteiger partial charge in [-0.05, 0) is 0 Å². The number of hydrogen-bond donors (Lipinski definition) is 0. The predicted molar refractivity (Wildman–Crippen MR) is 171 cm³/mol. The van der Waals surface area contributed by atoms with Crippen molar-refractivity contribution in [3.63, 3.8) is 0 Å². The van der Waals surface area contributed by atoms with Crippen LogP contribution in [0.25, 0.3) is 12.2 Å². The van der Waals surface area contributed by atoms with Crippen molar-refractivity contribution in [1.82, 2.24) is 0 Å². The topological polar surface area (TPSA) is 0 Å². The molecule has 2 atom stereocenters. The standard InChI is InChI=1S/2C14H19Si.C2H7Si.2ClH.Ti/c2*1-10-6-7-11(2)14-9-12(8-13(10)14)15(3,4)5;1-3-2;;;/h2*6-9H,1-5H3;3H,1-2H3;2*1H;/q;;;;;+2/p-2. The molecule has 0 aliphatic heterocycles. The average Bonchev–Trinajstić information content (AvgIpc) is 3.36. The van der Waals surface area contributed by atoms with Gasteiger partial charge in [-0.15, -0.1) is 0 Å². The maximum absolute atomic E-state index is 8.63. The molecule has 0 spiro atoms. The maximum atomic E-state index is 8.63. The molecule has 4 rings (SSSR count). The molecule has 36 heavy (non-hydrogen) atoms. The van der Waals surface area contributed by atoms with E-state index in [9.17, 15) is 0 Å². The van der Waals surface area contributed by atoms with Crippen LogP contribution in [-0.4, -0.2) is 22.8 Å². The van der Waals surface area contributed by atoms with E-state index < -0.39 is 35.3 Å². The van der Waals surface area contributed by atoms with Gasteiger partial charge in [-0.3, -0.25) is 0 Å². The molecule has 0 nitrogen and oxygen atoms in total. The van der Waals surface area contributed by atoms with Gasteiger partial charge in [-0.25, -0.2) is 0 Å². The molecule has 2 aliphatic rings. The number of benzene rings is 2. The zero-order valence-electron chi connectivity index (χ0n) is 24.5. The van der Waals surface area contributed by atoms with Crippen LogP contribution in [0.2, 0.25) is 52.4 Å². The number of allylic oxidation sites excluding steroid dienone is 2. The van der Waals surface area contributed by atoms with Gasteiger partial charge in [0, 0.05) is 0 Å². The molecule has 2 aromatic rings. The molecule has 2 aliphatic carbocycles. The number of halogens is 2. The van der Waals surface area contributed by atoms with Crippen molar-refractivity contribution >= 4 is 53.6 Å². The summed E-state index contributed by atoms with van der Waals surface area (Å²) in [5.74, 6) is 0. The van der Waals surface area contributed by atoms with Crippen LogP contribution in [0, 0.1) is 27.7 Å². The molecule has 0 radical (unpaired) electrons. The number of fused-ring (bicyclic) bond motifs is 2. The molecule has 2 aromatic carbocycles. The Balaban J connectivity index is 2.18. The van der Waals surface area contributed by atoms with Crippen LogP contribution in [0.15, 0.2) is 34.7 Å². The van der Waals surface area contributed by atoms with Gasteiger partial charge in [0.2, 0.25) is 0 Å². The third kappa shape index (κ3) is 4.15. The monoisotopic (exact) mass is 607 g/mol. The van der Waals surface area contributed by atoms with Crippen LogP contribution in [0.5, 0.6) is 0 Å². The summed E-state index contributed by atoms with van der Waals surface area (Å²) in [6.07, 6.45) is 5.10. The van der Waals surface area contributed by atoms with Gasteiger partial charge in [0.25, 0.3) is 0 Å². The predicted octanol–water partition coefficient (Wildman–Crippen LogP) is 10.2. The van der Waals surface area contributed by atoms with Crippen molar-refractivity contribution in [2.45, 2.75) is 88.5 Å². The first-order valence-corrected chi connectivity index (χ1v) is 32.2. The van der Waals surface area contributed by atoms with E-state index in [1.807, 2.05) is 0 Å². The molecule has 0 N–H and O–H groups in total. The molecule has 6 heteroatoms. The average molecular weight is 609 g/mol. The van der Waals surface area contributed by atoms with Gasteiger partial charge in [0.05, 0.1) is 0 Å². The van der Waals surface area contributed by atoms with Gasteiger partial charge in [0.1, 0.15) is 0 Å². The third-order valence-corrected chi connectivity index (χ3v) is 49.4. The van der Waals surface area contributed by atoms with E-state index in [1.54, 1.807) is 10.4 Å². The Morgan fingerprint density at radius 3 is 1.19 bits per heavy atom. The van der Waals surface area contributed by atoms with Crippen LogP contribution in [0.1, 0.15) is 53.0 Å². The second-order valence-electron chi connectivity index (χ2n) is 14.0. The second kappa shape index (κ2) is 8.94. The first kappa shape index (κ1) is 28.9. The fourth-order valence-corrected chi connectivity index (χ4v) is 39.3. The van der Waals surface area contributed by atoms with E-state index in [0.29, 0.717) is 0 Å². The molecule has 0 fully saturated rings. The number of aryl methyl sites for hydroxylation is 4. The van der Waals surface area contributed by atoms with Crippen LogP contribution >= 0.6 is 18.6 Å². The fraction of sp³-hybridized carbons (Fsp3) is 0.467. The van der Waals surface area contributed by atoms with Crippen molar-refractivity contribution in [2.24, 2.45) is 0 Å². The summed E-state index contributed by atoms with van der Waals surface area (Å²) in [6, 6.07) is 9.21. The molecular weight excluding hydrogens is 563 g/mol. The first-order valence-electron chi connectivity index (χ1n) is 13.5. The van der Waals surface area contributed by atoms with Crippen molar-refractivity contribution in [3.05, 3.63) is 79.2 Å². The van der Waals surface area contributed by atoms with E-state index in [1.165, 1.54) is 44.5 Å². The molecule has 195 valence electrons. The first-order chi connectivity index (χ1) is 16.3. The molecule has 0 bridgehead atoms. The summed E-state index contributed by atoms with van der Waals surface area (Å²) in [5.41, 5.74) is 11.3. The van der Waals surface area contributed by atoms with Crippen LogP contribution in [0.4, 0.5) is 0 Å². The van der Waals surface area contributed by atoms with Gasteiger partial charge >= 0.3 is 234 Å². The molecule has 0 aromatic heterocycles. The normalized spacial score (nSPS) is 21.1. The Morgan fingerprint density at radius 1 is 0.611 bits per heavy atom. The van der Waals surface area contributed by atoms with E-state index in [0.717, 1.165) is 0 Å². The summed E-state index contributed by atoms with van der Waals surface area (Å²) in [5, 5.41) is 3.21. The van der Waals surface area contributed by atoms with Crippen molar-refractivity contribution in [1.29, 1.82) is 0 Å². The Labute approximate surface area is 232 Å². The van der Waals surface area contributed by atoms with Crippen molar-refractivity contribution in [3.8, 4) is 0 Å².